The van der Waals surface area contributed by atoms with E-state index in [-0.39, 0.29) is 24.0 Å². The standard InChI is InChI=1S/C26H19F3N4O2S/c27-17-8-6-16(7-9-17)22-13-21(15-4-2-1-3-5-15)32-33(22)26-31-25(35)23(36-26)14-24(34)30-18-10-11-19(28)20(29)12-18/h1-12,22-23H,13-14H2,(H,30,34). The van der Waals surface area contributed by atoms with Gasteiger partial charge in [-0.15, -0.1) is 0 Å². The first-order valence-electron chi connectivity index (χ1n) is 11.1. The van der Waals surface area contributed by atoms with Gasteiger partial charge in [-0.3, -0.25) is 9.59 Å². The van der Waals surface area contributed by atoms with Crippen molar-refractivity contribution in [2.24, 2.45) is 10.1 Å². The van der Waals surface area contributed by atoms with Crippen molar-refractivity contribution in [1.82, 2.24) is 5.01 Å². The molecule has 5 rings (SSSR count). The highest BCUT2D eigenvalue weighted by Gasteiger charge is 2.39. The molecule has 0 aliphatic carbocycles. The van der Waals surface area contributed by atoms with E-state index in [2.05, 4.69) is 10.3 Å². The largest absolute Gasteiger partial charge is 0.326 e. The van der Waals surface area contributed by atoms with E-state index in [1.165, 1.54) is 18.2 Å². The summed E-state index contributed by atoms with van der Waals surface area (Å²) >= 11 is 1.11. The summed E-state index contributed by atoms with van der Waals surface area (Å²) in [4.78, 5) is 29.3. The minimum absolute atomic E-state index is 0.0866. The van der Waals surface area contributed by atoms with E-state index in [1.807, 2.05) is 30.3 Å². The first kappa shape index (κ1) is 23.8. The average Bonchev–Trinajstić information content (AvgIpc) is 3.46. The van der Waals surface area contributed by atoms with Gasteiger partial charge in [0, 0.05) is 24.6 Å². The summed E-state index contributed by atoms with van der Waals surface area (Å²) in [6.07, 6.45) is 0.310. The summed E-state index contributed by atoms with van der Waals surface area (Å²) in [5.74, 6) is -3.49. The van der Waals surface area contributed by atoms with Crippen molar-refractivity contribution in [1.29, 1.82) is 0 Å². The fraction of sp³-hybridized carbons (Fsp3) is 0.154. The molecule has 3 aromatic rings. The van der Waals surface area contributed by atoms with Crippen molar-refractivity contribution >= 4 is 40.1 Å². The van der Waals surface area contributed by atoms with Gasteiger partial charge in [-0.25, -0.2) is 18.2 Å². The fourth-order valence-electron chi connectivity index (χ4n) is 4.00. The minimum atomic E-state index is -1.09. The molecule has 10 heteroatoms. The SMILES string of the molecule is O=C(CC1SC(N2N=C(c3ccccc3)CC2c2ccc(F)cc2)=NC1=O)Nc1ccc(F)c(F)c1. The number of amides is 2. The van der Waals surface area contributed by atoms with Crippen molar-refractivity contribution in [3.8, 4) is 0 Å². The van der Waals surface area contributed by atoms with Crippen LogP contribution in [0.1, 0.15) is 30.0 Å². The summed E-state index contributed by atoms with van der Waals surface area (Å²) in [5.41, 5.74) is 2.61. The van der Waals surface area contributed by atoms with E-state index in [4.69, 9.17) is 5.10 Å². The van der Waals surface area contributed by atoms with E-state index < -0.39 is 28.7 Å². The Morgan fingerprint density at radius 3 is 2.47 bits per heavy atom. The molecule has 182 valence electrons. The zero-order chi connectivity index (χ0) is 25.2. The third-order valence-electron chi connectivity index (χ3n) is 5.77. The molecular weight excluding hydrogens is 489 g/mol. The first-order valence-corrected chi connectivity index (χ1v) is 12.0. The maximum atomic E-state index is 13.5. The van der Waals surface area contributed by atoms with Gasteiger partial charge in [-0.05, 0) is 35.4 Å². The molecule has 2 atom stereocenters. The quantitative estimate of drug-likeness (QED) is 0.509. The number of carbonyl (C=O) groups excluding carboxylic acids is 2. The van der Waals surface area contributed by atoms with Gasteiger partial charge in [-0.1, -0.05) is 54.2 Å². The molecule has 2 heterocycles. The molecule has 2 aliphatic heterocycles. The molecule has 0 aromatic heterocycles. The summed E-state index contributed by atoms with van der Waals surface area (Å²) < 4.78 is 40.1. The van der Waals surface area contributed by atoms with Crippen molar-refractivity contribution in [2.75, 3.05) is 5.32 Å². The van der Waals surface area contributed by atoms with E-state index in [9.17, 15) is 22.8 Å². The summed E-state index contributed by atoms with van der Waals surface area (Å²) in [5, 5.41) is 8.39. The predicted molar refractivity (Wildman–Crippen MR) is 132 cm³/mol. The summed E-state index contributed by atoms with van der Waals surface area (Å²) in [7, 11) is 0. The molecule has 36 heavy (non-hydrogen) atoms. The van der Waals surface area contributed by atoms with Crippen molar-refractivity contribution in [3.63, 3.8) is 0 Å². The molecule has 2 amide bonds. The van der Waals surface area contributed by atoms with Gasteiger partial charge in [0.1, 0.15) is 11.1 Å². The van der Waals surface area contributed by atoms with E-state index in [1.54, 1.807) is 17.1 Å². The maximum Gasteiger partial charge on any atom is 0.262 e. The van der Waals surface area contributed by atoms with E-state index in [0.29, 0.717) is 11.6 Å². The molecule has 2 aliphatic rings. The zero-order valence-electron chi connectivity index (χ0n) is 18.7. The van der Waals surface area contributed by atoms with Crippen LogP contribution in [0, 0.1) is 17.5 Å². The van der Waals surface area contributed by atoms with Gasteiger partial charge in [-0.2, -0.15) is 10.1 Å². The lowest BCUT2D eigenvalue weighted by Gasteiger charge is -2.23. The number of carbonyl (C=O) groups is 2. The average molecular weight is 509 g/mol. The van der Waals surface area contributed by atoms with Crippen LogP contribution in [0.4, 0.5) is 18.9 Å². The van der Waals surface area contributed by atoms with Crippen LogP contribution in [-0.4, -0.2) is 33.0 Å². The number of amidine groups is 1. The monoisotopic (exact) mass is 508 g/mol. The second-order valence-corrected chi connectivity index (χ2v) is 9.42. The second kappa shape index (κ2) is 9.98. The number of rotatable bonds is 5. The van der Waals surface area contributed by atoms with Crippen LogP contribution >= 0.6 is 11.8 Å². The normalized spacial score (nSPS) is 19.3. The van der Waals surface area contributed by atoms with Gasteiger partial charge < -0.3 is 5.32 Å². The Morgan fingerprint density at radius 1 is 1.00 bits per heavy atom. The number of aliphatic imine (C=N–C) groups is 1. The van der Waals surface area contributed by atoms with Crippen molar-refractivity contribution < 1.29 is 22.8 Å². The van der Waals surface area contributed by atoms with Crippen LogP contribution < -0.4 is 5.32 Å². The number of nitrogens with one attached hydrogen (secondary N) is 1. The highest BCUT2D eigenvalue weighted by molar-refractivity contribution is 8.15. The van der Waals surface area contributed by atoms with Crippen LogP contribution in [0.15, 0.2) is 82.9 Å². The van der Waals surface area contributed by atoms with Crippen molar-refractivity contribution in [2.45, 2.75) is 24.1 Å². The molecule has 0 bridgehead atoms. The Bertz CT molecular complexity index is 1380. The third-order valence-corrected chi connectivity index (χ3v) is 6.91. The smallest absolute Gasteiger partial charge is 0.262 e. The lowest BCUT2D eigenvalue weighted by molar-refractivity contribution is -0.121. The second-order valence-electron chi connectivity index (χ2n) is 8.25. The third kappa shape index (κ3) is 5.03. The molecule has 2 unspecified atom stereocenters. The van der Waals surface area contributed by atoms with Gasteiger partial charge in [0.15, 0.2) is 16.8 Å². The van der Waals surface area contributed by atoms with Crippen LogP contribution in [0.3, 0.4) is 0 Å². The molecule has 0 fully saturated rings. The molecule has 0 saturated heterocycles. The van der Waals surface area contributed by atoms with Crippen LogP contribution in [0.5, 0.6) is 0 Å². The molecule has 0 spiro atoms. The molecule has 1 N–H and O–H groups in total. The minimum Gasteiger partial charge on any atom is -0.326 e. The Balaban J connectivity index is 1.33. The molecule has 0 radical (unpaired) electrons. The Labute approximate surface area is 208 Å². The summed E-state index contributed by atoms with van der Waals surface area (Å²) in [6, 6.07) is 18.4. The Kier molecular flexibility index (Phi) is 6.60. The van der Waals surface area contributed by atoms with Crippen LogP contribution in [-0.2, 0) is 9.59 Å². The fourth-order valence-corrected chi connectivity index (χ4v) is 5.06. The van der Waals surface area contributed by atoms with Crippen LogP contribution in [0.25, 0.3) is 0 Å². The zero-order valence-corrected chi connectivity index (χ0v) is 19.5. The highest BCUT2D eigenvalue weighted by Crippen LogP contribution is 2.38. The van der Waals surface area contributed by atoms with E-state index in [0.717, 1.165) is 40.7 Å². The topological polar surface area (TPSA) is 74.1 Å². The number of nitrogens with zero attached hydrogens (tertiary/aromatic N) is 3. The van der Waals surface area contributed by atoms with Crippen LogP contribution in [0.2, 0.25) is 0 Å². The number of benzene rings is 3. The highest BCUT2D eigenvalue weighted by atomic mass is 32.2. The van der Waals surface area contributed by atoms with Gasteiger partial charge in [0.25, 0.3) is 5.91 Å². The molecule has 6 nitrogen and oxygen atoms in total. The molecule has 3 aromatic carbocycles. The maximum absolute atomic E-state index is 13.5. The number of anilines is 1. The van der Waals surface area contributed by atoms with Gasteiger partial charge >= 0.3 is 0 Å². The van der Waals surface area contributed by atoms with Crippen molar-refractivity contribution in [3.05, 3.63) is 101 Å². The first-order chi connectivity index (χ1) is 17.4. The van der Waals surface area contributed by atoms with Gasteiger partial charge in [0.05, 0.1) is 11.8 Å². The number of hydrogen-bond donors (Lipinski definition) is 1. The number of thioether (sulfide) groups is 1. The lowest BCUT2D eigenvalue weighted by atomic mass is 9.99. The predicted octanol–water partition coefficient (Wildman–Crippen LogP) is 5.28. The molecule has 0 saturated carbocycles. The summed E-state index contributed by atoms with van der Waals surface area (Å²) in [6.45, 7) is 0. The van der Waals surface area contributed by atoms with Gasteiger partial charge in [0.2, 0.25) is 5.91 Å². The lowest BCUT2D eigenvalue weighted by Crippen LogP contribution is -2.25. The van der Waals surface area contributed by atoms with E-state index >= 15 is 0 Å². The Hall–Kier alpha value is -3.92. The number of halogens is 3. The number of hydrogen-bond acceptors (Lipinski definition) is 5. The Morgan fingerprint density at radius 2 is 1.75 bits per heavy atom. The molecular formula is C26H19F3N4O2S. The number of hydrazone groups is 1.